The van der Waals surface area contributed by atoms with Gasteiger partial charge in [0.2, 0.25) is 0 Å². The second-order valence-corrected chi connectivity index (χ2v) is 14.3. The second-order valence-electron chi connectivity index (χ2n) is 9.82. The van der Waals surface area contributed by atoms with Gasteiger partial charge in [-0.25, -0.2) is 0 Å². The summed E-state index contributed by atoms with van der Waals surface area (Å²) >= 11 is 0. The summed E-state index contributed by atoms with van der Waals surface area (Å²) in [6.07, 6.45) is 8.40. The van der Waals surface area contributed by atoms with Crippen LogP contribution in [0.4, 0.5) is 0 Å². The van der Waals surface area contributed by atoms with E-state index in [2.05, 4.69) is 44.8 Å². The molecule has 2 nitrogen and oxygen atoms in total. The van der Waals surface area contributed by atoms with Crippen LogP contribution in [0.1, 0.15) is 56.1 Å². The molecule has 138 valence electrons. The zero-order valence-corrected chi connectivity index (χ0v) is 17.6. The maximum absolute atomic E-state index is 6.67. The van der Waals surface area contributed by atoms with Crippen molar-refractivity contribution in [3.8, 4) is 5.75 Å². The van der Waals surface area contributed by atoms with Gasteiger partial charge in [-0.2, -0.15) is 0 Å². The van der Waals surface area contributed by atoms with Gasteiger partial charge in [0.05, 0.1) is 13.2 Å². The fourth-order valence-electron chi connectivity index (χ4n) is 6.26. The minimum atomic E-state index is -1.47. The topological polar surface area (TPSA) is 18.5 Å². The van der Waals surface area contributed by atoms with Crippen LogP contribution in [0.15, 0.2) is 18.2 Å². The van der Waals surface area contributed by atoms with Crippen molar-refractivity contribution in [2.45, 2.75) is 77.1 Å². The van der Waals surface area contributed by atoms with Gasteiger partial charge in [-0.05, 0) is 105 Å². The zero-order chi connectivity index (χ0) is 17.8. The Hall–Kier alpha value is -0.803. The van der Waals surface area contributed by atoms with Crippen molar-refractivity contribution < 1.29 is 9.16 Å². The van der Waals surface area contributed by atoms with Crippen molar-refractivity contribution in [3.63, 3.8) is 0 Å². The SMILES string of the molecule is COc1ccc2c(c1)CCC1[C@@H]2CC[C@]2(C)[C@@H](O[Si](C)(C)C)CC[C@@H]12. The normalized spacial score (nSPS) is 37.2. The fourth-order valence-corrected chi connectivity index (χ4v) is 7.50. The highest BCUT2D eigenvalue weighted by molar-refractivity contribution is 6.69. The third kappa shape index (κ3) is 2.97. The molecule has 3 aliphatic rings. The summed E-state index contributed by atoms with van der Waals surface area (Å²) < 4.78 is 12.1. The Morgan fingerprint density at radius 1 is 1.08 bits per heavy atom. The first-order valence-corrected chi connectivity index (χ1v) is 13.6. The Morgan fingerprint density at radius 2 is 1.88 bits per heavy atom. The minimum Gasteiger partial charge on any atom is -0.497 e. The Morgan fingerprint density at radius 3 is 2.60 bits per heavy atom. The van der Waals surface area contributed by atoms with Gasteiger partial charge in [-0.3, -0.25) is 0 Å². The Balaban J connectivity index is 1.60. The van der Waals surface area contributed by atoms with Crippen LogP contribution in [0.2, 0.25) is 19.6 Å². The molecule has 1 aromatic rings. The van der Waals surface area contributed by atoms with Crippen molar-refractivity contribution in [1.29, 1.82) is 0 Å². The van der Waals surface area contributed by atoms with E-state index >= 15 is 0 Å². The van der Waals surface area contributed by atoms with E-state index < -0.39 is 8.32 Å². The molecule has 0 saturated heterocycles. The summed E-state index contributed by atoms with van der Waals surface area (Å²) in [5, 5.41) is 0. The van der Waals surface area contributed by atoms with Gasteiger partial charge >= 0.3 is 0 Å². The molecule has 0 radical (unpaired) electrons. The third-order valence-corrected chi connectivity index (χ3v) is 8.33. The molecule has 0 aliphatic heterocycles. The van der Waals surface area contributed by atoms with E-state index in [4.69, 9.17) is 9.16 Å². The monoisotopic (exact) mass is 358 g/mol. The van der Waals surface area contributed by atoms with E-state index in [0.717, 1.165) is 23.5 Å². The number of aryl methyl sites for hydroxylation is 1. The average Bonchev–Trinajstić information content (AvgIpc) is 2.89. The van der Waals surface area contributed by atoms with E-state index in [1.807, 2.05) is 0 Å². The number of hydrogen-bond acceptors (Lipinski definition) is 2. The molecule has 1 aromatic carbocycles. The van der Waals surface area contributed by atoms with Crippen LogP contribution < -0.4 is 4.74 Å². The molecule has 0 N–H and O–H groups in total. The van der Waals surface area contributed by atoms with Gasteiger partial charge in [0.1, 0.15) is 5.75 Å². The van der Waals surface area contributed by atoms with E-state index in [0.29, 0.717) is 11.5 Å². The lowest BCUT2D eigenvalue weighted by molar-refractivity contribution is -0.0140. The summed E-state index contributed by atoms with van der Waals surface area (Å²) in [7, 11) is 0.303. The Bertz CT molecular complexity index is 650. The van der Waals surface area contributed by atoms with Gasteiger partial charge in [-0.15, -0.1) is 0 Å². The number of ether oxygens (including phenoxy) is 1. The second kappa shape index (κ2) is 6.13. The van der Waals surface area contributed by atoms with E-state index in [1.54, 1.807) is 12.7 Å². The van der Waals surface area contributed by atoms with Crippen LogP contribution in [-0.2, 0) is 10.8 Å². The molecule has 0 amide bonds. The quantitative estimate of drug-likeness (QED) is 0.638. The minimum absolute atomic E-state index is 0.408. The van der Waals surface area contributed by atoms with Crippen LogP contribution in [0.3, 0.4) is 0 Å². The van der Waals surface area contributed by atoms with Crippen molar-refractivity contribution in [2.75, 3.05) is 7.11 Å². The van der Waals surface area contributed by atoms with Crippen LogP contribution in [0.25, 0.3) is 0 Å². The Kier molecular flexibility index (Phi) is 4.31. The molecule has 1 unspecified atom stereocenters. The highest BCUT2D eigenvalue weighted by atomic mass is 28.4. The first kappa shape index (κ1) is 17.6. The van der Waals surface area contributed by atoms with Gasteiger partial charge in [-0.1, -0.05) is 13.0 Å². The van der Waals surface area contributed by atoms with Crippen LogP contribution in [-0.4, -0.2) is 21.5 Å². The highest BCUT2D eigenvalue weighted by Gasteiger charge is 2.55. The van der Waals surface area contributed by atoms with Gasteiger partial charge in [0.15, 0.2) is 8.32 Å². The predicted molar refractivity (Wildman–Crippen MR) is 106 cm³/mol. The van der Waals surface area contributed by atoms with Crippen molar-refractivity contribution >= 4 is 8.32 Å². The van der Waals surface area contributed by atoms with E-state index in [1.165, 1.54) is 44.1 Å². The molecular formula is C22H34O2Si. The molecule has 5 atom stereocenters. The first-order chi connectivity index (χ1) is 11.8. The van der Waals surface area contributed by atoms with E-state index in [9.17, 15) is 0 Å². The number of hydrogen-bond donors (Lipinski definition) is 0. The maximum Gasteiger partial charge on any atom is 0.184 e. The Labute approximate surface area is 154 Å². The zero-order valence-electron chi connectivity index (χ0n) is 16.6. The first-order valence-electron chi connectivity index (χ1n) is 10.2. The molecule has 0 spiro atoms. The molecule has 0 bridgehead atoms. The van der Waals surface area contributed by atoms with Gasteiger partial charge in [0.25, 0.3) is 0 Å². The summed E-state index contributed by atoms with van der Waals surface area (Å²) in [6, 6.07) is 6.81. The van der Waals surface area contributed by atoms with Gasteiger partial charge in [0, 0.05) is 0 Å². The molecule has 3 heteroatoms. The largest absolute Gasteiger partial charge is 0.497 e. The highest BCUT2D eigenvalue weighted by Crippen LogP contribution is 2.61. The molecule has 0 aromatic heterocycles. The summed E-state index contributed by atoms with van der Waals surface area (Å²) in [4.78, 5) is 0. The summed E-state index contributed by atoms with van der Waals surface area (Å²) in [5.41, 5.74) is 3.57. The average molecular weight is 359 g/mol. The van der Waals surface area contributed by atoms with Crippen LogP contribution in [0, 0.1) is 17.3 Å². The maximum atomic E-state index is 6.67. The van der Waals surface area contributed by atoms with Crippen molar-refractivity contribution in [3.05, 3.63) is 29.3 Å². The molecule has 0 heterocycles. The fraction of sp³-hybridized carbons (Fsp3) is 0.727. The standard InChI is InChI=1S/C22H34O2Si/c1-22-13-12-18-17-9-7-16(23-2)14-15(17)6-8-19(18)20(22)10-11-21(22)24-25(3,4)5/h7,9,14,18-21H,6,8,10-13H2,1-5H3/t18-,19?,20+,21+,22+/m1/s1. The van der Waals surface area contributed by atoms with Crippen molar-refractivity contribution in [1.82, 2.24) is 0 Å². The van der Waals surface area contributed by atoms with E-state index in [-0.39, 0.29) is 0 Å². The summed E-state index contributed by atoms with van der Waals surface area (Å²) in [5.74, 6) is 3.48. The molecule has 2 saturated carbocycles. The number of methoxy groups -OCH3 is 1. The smallest absolute Gasteiger partial charge is 0.184 e. The lowest BCUT2D eigenvalue weighted by atomic mass is 9.55. The molecule has 2 fully saturated rings. The third-order valence-electron chi connectivity index (χ3n) is 7.34. The van der Waals surface area contributed by atoms with Crippen LogP contribution in [0.5, 0.6) is 5.75 Å². The lowest BCUT2D eigenvalue weighted by Crippen LogP contribution is -2.47. The number of benzene rings is 1. The lowest BCUT2D eigenvalue weighted by Gasteiger charge is -2.51. The van der Waals surface area contributed by atoms with Crippen molar-refractivity contribution in [2.24, 2.45) is 17.3 Å². The molecule has 25 heavy (non-hydrogen) atoms. The summed E-state index contributed by atoms with van der Waals surface area (Å²) in [6.45, 7) is 9.59. The number of fused-ring (bicyclic) bond motifs is 5. The predicted octanol–water partition coefficient (Wildman–Crippen LogP) is 5.77. The molecule has 4 rings (SSSR count). The molecule has 3 aliphatic carbocycles. The number of rotatable bonds is 3. The van der Waals surface area contributed by atoms with Crippen LogP contribution >= 0.6 is 0 Å². The molecular weight excluding hydrogens is 324 g/mol. The van der Waals surface area contributed by atoms with Gasteiger partial charge < -0.3 is 9.16 Å².